The zero-order valence-corrected chi connectivity index (χ0v) is 23.5. The number of amides is 1. The summed E-state index contributed by atoms with van der Waals surface area (Å²) in [5.41, 5.74) is 2.51. The van der Waals surface area contributed by atoms with Crippen molar-refractivity contribution in [1.29, 1.82) is 0 Å². The molecule has 0 radical (unpaired) electrons. The summed E-state index contributed by atoms with van der Waals surface area (Å²) >= 11 is 0. The van der Waals surface area contributed by atoms with E-state index >= 15 is 0 Å². The molecule has 0 fully saturated rings. The van der Waals surface area contributed by atoms with E-state index in [2.05, 4.69) is 20.3 Å². The number of carbonyl (C=O) groups is 3. The average Bonchev–Trinajstić information content (AvgIpc) is 3.04. The average molecular weight is 578 g/mol. The first kappa shape index (κ1) is 27.9. The van der Waals surface area contributed by atoms with E-state index in [1.165, 1.54) is 35.3 Å². The number of benzene rings is 1. The second-order valence-corrected chi connectivity index (χ2v) is 10.2. The van der Waals surface area contributed by atoms with Crippen LogP contribution in [0.3, 0.4) is 0 Å². The first-order chi connectivity index (χ1) is 20.9. The number of carbonyl (C=O) groups excluding carboxylic acids is 3. The van der Waals surface area contributed by atoms with Gasteiger partial charge in [0.15, 0.2) is 5.78 Å². The van der Waals surface area contributed by atoms with Crippen molar-refractivity contribution < 1.29 is 23.9 Å². The Bertz CT molecular complexity index is 1850. The number of anilines is 1. The van der Waals surface area contributed by atoms with E-state index in [4.69, 9.17) is 9.47 Å². The van der Waals surface area contributed by atoms with Crippen LogP contribution in [0.2, 0.25) is 0 Å². The normalized spacial score (nSPS) is 15.6. The van der Waals surface area contributed by atoms with Crippen LogP contribution in [0.15, 0.2) is 71.6 Å². The molecule has 0 saturated carbocycles. The van der Waals surface area contributed by atoms with Gasteiger partial charge in [-0.15, -0.1) is 0 Å². The molecule has 1 atom stereocenters. The minimum absolute atomic E-state index is 0.112. The van der Waals surface area contributed by atoms with Crippen LogP contribution in [-0.4, -0.2) is 57.3 Å². The van der Waals surface area contributed by atoms with Crippen molar-refractivity contribution in [2.75, 3.05) is 19.5 Å². The van der Waals surface area contributed by atoms with Crippen LogP contribution in [0.4, 0.5) is 5.82 Å². The fourth-order valence-corrected chi connectivity index (χ4v) is 5.48. The maximum atomic E-state index is 13.6. The van der Waals surface area contributed by atoms with Crippen molar-refractivity contribution in [3.8, 4) is 5.69 Å². The first-order valence-corrected chi connectivity index (χ1v) is 13.7. The number of ether oxygens (including phenoxy) is 2. The number of aromatic nitrogens is 4. The third-order valence-electron chi connectivity index (χ3n) is 7.65. The Labute approximate surface area is 246 Å². The molecule has 3 aromatic heterocycles. The van der Waals surface area contributed by atoms with Crippen molar-refractivity contribution in [2.45, 2.75) is 31.8 Å². The zero-order chi connectivity index (χ0) is 30.1. The van der Waals surface area contributed by atoms with Gasteiger partial charge in [-0.25, -0.2) is 15.0 Å². The number of hydrogen-bond acceptors (Lipinski definition) is 9. The highest BCUT2D eigenvalue weighted by atomic mass is 16.5. The molecule has 11 heteroatoms. The molecule has 2 aliphatic rings. The van der Waals surface area contributed by atoms with Crippen LogP contribution in [-0.2, 0) is 22.3 Å². The molecule has 6 rings (SSSR count). The van der Waals surface area contributed by atoms with Crippen molar-refractivity contribution in [3.05, 3.63) is 117 Å². The van der Waals surface area contributed by atoms with Gasteiger partial charge in [0.05, 0.1) is 12.8 Å². The van der Waals surface area contributed by atoms with Crippen LogP contribution < -0.4 is 10.9 Å². The Hall–Kier alpha value is -5.29. The van der Waals surface area contributed by atoms with Gasteiger partial charge >= 0.3 is 0 Å². The number of nitrogens with one attached hydrogen (secondary N) is 1. The fourth-order valence-electron chi connectivity index (χ4n) is 5.48. The minimum atomic E-state index is -0.710. The van der Waals surface area contributed by atoms with Crippen LogP contribution in [0.25, 0.3) is 11.8 Å². The molecule has 1 unspecified atom stereocenters. The summed E-state index contributed by atoms with van der Waals surface area (Å²) in [4.78, 5) is 65.9. The molecular weight excluding hydrogens is 550 g/mol. The molecular formula is C32H27N5O6. The molecule has 1 aromatic carbocycles. The van der Waals surface area contributed by atoms with Gasteiger partial charge in [-0.05, 0) is 43.2 Å². The van der Waals surface area contributed by atoms with Crippen LogP contribution >= 0.6 is 0 Å². The van der Waals surface area contributed by atoms with Gasteiger partial charge in [0.2, 0.25) is 5.78 Å². The summed E-state index contributed by atoms with van der Waals surface area (Å²) in [6.45, 7) is 0. The third-order valence-corrected chi connectivity index (χ3v) is 7.65. The van der Waals surface area contributed by atoms with Gasteiger partial charge in [0.25, 0.3) is 11.5 Å². The first-order valence-electron chi connectivity index (χ1n) is 13.7. The van der Waals surface area contributed by atoms with Gasteiger partial charge in [0.1, 0.15) is 35.3 Å². The second-order valence-electron chi connectivity index (χ2n) is 10.2. The largest absolute Gasteiger partial charge is 0.498 e. The minimum Gasteiger partial charge on any atom is -0.498 e. The lowest BCUT2D eigenvalue weighted by atomic mass is 9.92. The smallest absolute Gasteiger partial charge is 0.268 e. The Kier molecular flexibility index (Phi) is 7.47. The van der Waals surface area contributed by atoms with E-state index in [-0.39, 0.29) is 40.3 Å². The van der Waals surface area contributed by atoms with Crippen LogP contribution in [0, 0.1) is 0 Å². The summed E-state index contributed by atoms with van der Waals surface area (Å²) in [6, 6.07) is 13.3. The van der Waals surface area contributed by atoms with E-state index in [1.807, 2.05) is 6.07 Å². The second kappa shape index (κ2) is 11.5. The standard InChI is InChI=1S/C32H27N5O6/c1-42-26-14-20-23(15-27(26)43-2)34-17-35-29(20)30(39)18-11-12-28(33-16-18)36-31(40)22-13-21-24(9-6-10-25(21)38)37(32(22)41)19-7-4-3-5-8-19/h3-5,7-8,11-13,15-17,26H,6,9-10,14H2,1-2H3,(H,33,36,40). The number of nitrogens with zero attached hydrogens (tertiary/aromatic N) is 4. The van der Waals surface area contributed by atoms with E-state index in [9.17, 15) is 19.2 Å². The van der Waals surface area contributed by atoms with Crippen molar-refractivity contribution in [3.63, 3.8) is 0 Å². The number of methoxy groups -OCH3 is 2. The Morgan fingerprint density at radius 1 is 1.00 bits per heavy atom. The predicted octanol–water partition coefficient (Wildman–Crippen LogP) is 3.58. The number of fused-ring (bicyclic) bond motifs is 2. The lowest BCUT2D eigenvalue weighted by Crippen LogP contribution is -2.33. The van der Waals surface area contributed by atoms with E-state index < -0.39 is 11.5 Å². The summed E-state index contributed by atoms with van der Waals surface area (Å²) in [5.74, 6) is -0.454. The summed E-state index contributed by atoms with van der Waals surface area (Å²) in [6.07, 6.45) is 5.89. The number of hydrogen-bond donors (Lipinski definition) is 1. The quantitative estimate of drug-likeness (QED) is 0.326. The van der Waals surface area contributed by atoms with E-state index in [0.717, 1.165) is 0 Å². The predicted molar refractivity (Wildman–Crippen MR) is 156 cm³/mol. The van der Waals surface area contributed by atoms with Crippen LogP contribution in [0.5, 0.6) is 0 Å². The molecule has 0 spiro atoms. The molecule has 1 amide bonds. The molecule has 3 heterocycles. The van der Waals surface area contributed by atoms with Gasteiger partial charge in [-0.2, -0.15) is 0 Å². The summed E-state index contributed by atoms with van der Waals surface area (Å²) in [5, 5.41) is 2.63. The van der Waals surface area contributed by atoms with Gasteiger partial charge in [-0.3, -0.25) is 23.7 Å². The third kappa shape index (κ3) is 5.15. The van der Waals surface area contributed by atoms with Crippen LogP contribution in [0.1, 0.15) is 66.6 Å². The molecule has 0 saturated heterocycles. The lowest BCUT2D eigenvalue weighted by molar-refractivity contribution is 0.0788. The Morgan fingerprint density at radius 2 is 1.81 bits per heavy atom. The Balaban J connectivity index is 1.28. The molecule has 43 heavy (non-hydrogen) atoms. The molecule has 0 bridgehead atoms. The topological polar surface area (TPSA) is 142 Å². The number of para-hydroxylation sites is 1. The maximum absolute atomic E-state index is 13.6. The zero-order valence-electron chi connectivity index (χ0n) is 23.5. The lowest BCUT2D eigenvalue weighted by Gasteiger charge is -2.24. The summed E-state index contributed by atoms with van der Waals surface area (Å²) < 4.78 is 12.3. The van der Waals surface area contributed by atoms with Gasteiger partial charge in [-0.1, -0.05) is 18.2 Å². The monoisotopic (exact) mass is 577 g/mol. The SMILES string of the molecule is COC1=Cc2ncnc(C(=O)c3ccc(NC(=O)c4cc5c(n(-c6ccccc6)c4=O)CCCC5=O)nc3)c2CC1OC. The number of ketones is 2. The van der Waals surface area contributed by atoms with Crippen molar-refractivity contribution in [2.24, 2.45) is 0 Å². The summed E-state index contributed by atoms with van der Waals surface area (Å²) in [7, 11) is 3.11. The maximum Gasteiger partial charge on any atom is 0.268 e. The molecule has 1 N–H and O–H groups in total. The van der Waals surface area contributed by atoms with Crippen molar-refractivity contribution in [1.82, 2.24) is 19.5 Å². The Morgan fingerprint density at radius 3 is 2.53 bits per heavy atom. The highest BCUT2D eigenvalue weighted by Crippen LogP contribution is 2.28. The van der Waals surface area contributed by atoms with Crippen molar-refractivity contribution >= 4 is 29.4 Å². The molecule has 11 nitrogen and oxygen atoms in total. The number of rotatable bonds is 7. The fraction of sp³-hybridized carbons (Fsp3) is 0.219. The molecule has 216 valence electrons. The van der Waals surface area contributed by atoms with Gasteiger partial charge < -0.3 is 14.8 Å². The highest BCUT2D eigenvalue weighted by molar-refractivity contribution is 6.09. The van der Waals surface area contributed by atoms with E-state index in [1.54, 1.807) is 44.6 Å². The van der Waals surface area contributed by atoms with Gasteiger partial charge in [0, 0.05) is 60.3 Å². The molecule has 0 aliphatic heterocycles. The number of pyridine rings is 2. The highest BCUT2D eigenvalue weighted by Gasteiger charge is 2.29. The molecule has 4 aromatic rings. The molecule has 2 aliphatic carbocycles. The number of Topliss-reactive ketones (excluding diaryl/α,β-unsaturated/α-hetero) is 1. The van der Waals surface area contributed by atoms with E-state index in [0.29, 0.717) is 59.6 Å².